The Morgan fingerprint density at radius 3 is 1.94 bits per heavy atom. The molecule has 0 saturated carbocycles. The van der Waals surface area contributed by atoms with Crippen molar-refractivity contribution >= 4 is 23.4 Å². The molecule has 0 aliphatic carbocycles. The molecule has 0 spiro atoms. The van der Waals surface area contributed by atoms with E-state index < -0.39 is 0 Å². The molecule has 3 aromatic carbocycles. The summed E-state index contributed by atoms with van der Waals surface area (Å²) in [6, 6.07) is 20.8. The molecule has 0 aliphatic rings. The van der Waals surface area contributed by atoms with Gasteiger partial charge in [-0.1, -0.05) is 29.8 Å². The zero-order valence-corrected chi connectivity index (χ0v) is 18.0. The second-order valence-electron chi connectivity index (χ2n) is 7.11. The summed E-state index contributed by atoms with van der Waals surface area (Å²) < 4.78 is 5.18. The Labute approximate surface area is 186 Å². The van der Waals surface area contributed by atoms with Gasteiger partial charge in [-0.25, -0.2) is 0 Å². The first-order chi connectivity index (χ1) is 15.5. The van der Waals surface area contributed by atoms with Gasteiger partial charge in [-0.05, 0) is 55.5 Å². The number of carbonyl (C=O) groups is 3. The van der Waals surface area contributed by atoms with Crippen LogP contribution < -0.4 is 20.7 Å². The van der Waals surface area contributed by atoms with Gasteiger partial charge >= 0.3 is 0 Å². The van der Waals surface area contributed by atoms with Crippen molar-refractivity contribution in [1.29, 1.82) is 0 Å². The first-order valence-corrected chi connectivity index (χ1v) is 10.2. The standard InChI is InChI=1S/C25H25N3O4/c1-17-7-9-19(10-8-17)24(30)28-20-13-11-18(12-14-20)23(29)26-15-16-27-25(31)21-5-3-4-6-22(21)32-2/h3-14H,15-16H2,1-2H3,(H,26,29)(H,27,31)(H,28,30). The zero-order valence-electron chi connectivity index (χ0n) is 18.0. The fourth-order valence-electron chi connectivity index (χ4n) is 2.99. The van der Waals surface area contributed by atoms with Crippen molar-refractivity contribution in [2.24, 2.45) is 0 Å². The van der Waals surface area contributed by atoms with Crippen molar-refractivity contribution in [1.82, 2.24) is 10.6 Å². The van der Waals surface area contributed by atoms with Gasteiger partial charge in [0.25, 0.3) is 17.7 Å². The Bertz CT molecular complexity index is 1090. The van der Waals surface area contributed by atoms with Crippen LogP contribution in [0.2, 0.25) is 0 Å². The lowest BCUT2D eigenvalue weighted by Gasteiger charge is -2.10. The van der Waals surface area contributed by atoms with E-state index >= 15 is 0 Å². The molecular weight excluding hydrogens is 406 g/mol. The van der Waals surface area contributed by atoms with E-state index in [1.807, 2.05) is 19.1 Å². The second-order valence-corrected chi connectivity index (χ2v) is 7.11. The second kappa shape index (κ2) is 10.8. The zero-order chi connectivity index (χ0) is 22.9. The smallest absolute Gasteiger partial charge is 0.255 e. The van der Waals surface area contributed by atoms with Crippen molar-refractivity contribution in [2.45, 2.75) is 6.92 Å². The number of hydrogen-bond donors (Lipinski definition) is 3. The highest BCUT2D eigenvalue weighted by Crippen LogP contribution is 2.16. The molecule has 0 bridgehead atoms. The average Bonchev–Trinajstić information content (AvgIpc) is 2.82. The molecule has 164 valence electrons. The molecule has 3 aromatic rings. The quantitative estimate of drug-likeness (QED) is 0.476. The Balaban J connectivity index is 1.46. The van der Waals surface area contributed by atoms with Gasteiger partial charge in [0.2, 0.25) is 0 Å². The minimum absolute atomic E-state index is 0.215. The highest BCUT2D eigenvalue weighted by molar-refractivity contribution is 6.04. The van der Waals surface area contributed by atoms with E-state index in [2.05, 4.69) is 16.0 Å². The summed E-state index contributed by atoms with van der Waals surface area (Å²) in [4.78, 5) is 36.8. The molecule has 0 aliphatic heterocycles. The summed E-state index contributed by atoms with van der Waals surface area (Å²) in [6.45, 7) is 2.50. The van der Waals surface area contributed by atoms with Gasteiger partial charge in [0.05, 0.1) is 12.7 Å². The van der Waals surface area contributed by atoms with Crippen LogP contribution >= 0.6 is 0 Å². The molecular formula is C25H25N3O4. The molecule has 0 unspecified atom stereocenters. The number of carbonyl (C=O) groups excluding carboxylic acids is 3. The minimum Gasteiger partial charge on any atom is -0.496 e. The van der Waals surface area contributed by atoms with Gasteiger partial charge in [0.1, 0.15) is 5.75 Å². The molecule has 0 aromatic heterocycles. The summed E-state index contributed by atoms with van der Waals surface area (Å²) in [5.41, 5.74) is 3.12. The van der Waals surface area contributed by atoms with Crippen LogP contribution in [0.15, 0.2) is 72.8 Å². The van der Waals surface area contributed by atoms with E-state index in [9.17, 15) is 14.4 Å². The van der Waals surface area contributed by atoms with Crippen LogP contribution in [0.4, 0.5) is 5.69 Å². The topological polar surface area (TPSA) is 96.5 Å². The lowest BCUT2D eigenvalue weighted by molar-refractivity contribution is 0.0926. The Morgan fingerprint density at radius 1 is 0.719 bits per heavy atom. The van der Waals surface area contributed by atoms with Crippen LogP contribution in [-0.4, -0.2) is 37.9 Å². The molecule has 3 amide bonds. The molecule has 7 heteroatoms. The number of para-hydroxylation sites is 1. The number of aryl methyl sites for hydroxylation is 1. The van der Waals surface area contributed by atoms with E-state index in [1.165, 1.54) is 7.11 Å². The number of anilines is 1. The van der Waals surface area contributed by atoms with Gasteiger partial charge in [-0.3, -0.25) is 14.4 Å². The van der Waals surface area contributed by atoms with Crippen molar-refractivity contribution in [2.75, 3.05) is 25.5 Å². The number of benzene rings is 3. The Morgan fingerprint density at radius 2 is 1.28 bits per heavy atom. The van der Waals surface area contributed by atoms with E-state index in [4.69, 9.17) is 4.74 Å². The maximum atomic E-state index is 12.3. The fourth-order valence-corrected chi connectivity index (χ4v) is 2.99. The molecule has 32 heavy (non-hydrogen) atoms. The average molecular weight is 431 g/mol. The number of amides is 3. The van der Waals surface area contributed by atoms with Gasteiger partial charge in [-0.15, -0.1) is 0 Å². The monoisotopic (exact) mass is 431 g/mol. The fraction of sp³-hybridized carbons (Fsp3) is 0.160. The third-order valence-electron chi connectivity index (χ3n) is 4.77. The molecule has 0 heterocycles. The molecule has 0 radical (unpaired) electrons. The van der Waals surface area contributed by atoms with E-state index in [0.717, 1.165) is 5.56 Å². The van der Waals surface area contributed by atoms with Crippen LogP contribution in [-0.2, 0) is 0 Å². The lowest BCUT2D eigenvalue weighted by Crippen LogP contribution is -2.34. The molecule has 3 N–H and O–H groups in total. The first-order valence-electron chi connectivity index (χ1n) is 10.2. The van der Waals surface area contributed by atoms with Crippen LogP contribution in [0.5, 0.6) is 5.75 Å². The molecule has 3 rings (SSSR count). The minimum atomic E-state index is -0.273. The first kappa shape index (κ1) is 22.6. The number of ether oxygens (including phenoxy) is 1. The SMILES string of the molecule is COc1ccccc1C(=O)NCCNC(=O)c1ccc(NC(=O)c2ccc(C)cc2)cc1. The Hall–Kier alpha value is -4.13. The number of methoxy groups -OCH3 is 1. The molecule has 0 fully saturated rings. The van der Waals surface area contributed by atoms with E-state index in [1.54, 1.807) is 60.7 Å². The van der Waals surface area contributed by atoms with Crippen LogP contribution in [0, 0.1) is 6.92 Å². The number of rotatable bonds is 8. The lowest BCUT2D eigenvalue weighted by atomic mass is 10.1. The third-order valence-corrected chi connectivity index (χ3v) is 4.77. The van der Waals surface area contributed by atoms with Crippen LogP contribution in [0.25, 0.3) is 0 Å². The summed E-state index contributed by atoms with van der Waals surface area (Å²) >= 11 is 0. The van der Waals surface area contributed by atoms with Crippen molar-refractivity contribution in [3.63, 3.8) is 0 Å². The number of nitrogens with one attached hydrogen (secondary N) is 3. The number of hydrogen-bond acceptors (Lipinski definition) is 4. The highest BCUT2D eigenvalue weighted by Gasteiger charge is 2.11. The van der Waals surface area contributed by atoms with Gasteiger partial charge < -0.3 is 20.7 Å². The highest BCUT2D eigenvalue weighted by atomic mass is 16.5. The Kier molecular flexibility index (Phi) is 7.59. The van der Waals surface area contributed by atoms with E-state index in [0.29, 0.717) is 28.1 Å². The third kappa shape index (κ3) is 5.95. The van der Waals surface area contributed by atoms with Gasteiger partial charge in [0.15, 0.2) is 0 Å². The maximum absolute atomic E-state index is 12.3. The largest absolute Gasteiger partial charge is 0.496 e. The van der Waals surface area contributed by atoms with Gasteiger partial charge in [0, 0.05) is 29.9 Å². The predicted molar refractivity (Wildman–Crippen MR) is 123 cm³/mol. The normalized spacial score (nSPS) is 10.2. The summed E-state index contributed by atoms with van der Waals surface area (Å²) in [5, 5.41) is 8.31. The van der Waals surface area contributed by atoms with E-state index in [-0.39, 0.29) is 30.8 Å². The van der Waals surface area contributed by atoms with Crippen molar-refractivity contribution in [3.05, 3.63) is 95.1 Å². The predicted octanol–water partition coefficient (Wildman–Crippen LogP) is 3.42. The molecule has 7 nitrogen and oxygen atoms in total. The van der Waals surface area contributed by atoms with Crippen LogP contribution in [0.3, 0.4) is 0 Å². The summed E-state index contributed by atoms with van der Waals surface area (Å²) in [7, 11) is 1.51. The van der Waals surface area contributed by atoms with Crippen molar-refractivity contribution in [3.8, 4) is 5.75 Å². The van der Waals surface area contributed by atoms with Crippen LogP contribution in [0.1, 0.15) is 36.6 Å². The molecule has 0 saturated heterocycles. The summed E-state index contributed by atoms with van der Waals surface area (Å²) in [6.07, 6.45) is 0. The molecule has 0 atom stereocenters. The van der Waals surface area contributed by atoms with Crippen molar-refractivity contribution < 1.29 is 19.1 Å². The maximum Gasteiger partial charge on any atom is 0.255 e. The summed E-state index contributed by atoms with van der Waals surface area (Å²) in [5.74, 6) is -0.269. The van der Waals surface area contributed by atoms with Gasteiger partial charge in [-0.2, -0.15) is 0 Å².